The molecule has 0 radical (unpaired) electrons. The molecule has 0 bridgehead atoms. The quantitative estimate of drug-likeness (QED) is 0.389. The number of nitrogens with one attached hydrogen (secondary N) is 1. The minimum atomic E-state index is -4.49. The van der Waals surface area contributed by atoms with Crippen molar-refractivity contribution in [1.82, 2.24) is 19.2 Å². The zero-order valence-electron chi connectivity index (χ0n) is 21.7. The Balaban J connectivity index is 1.18. The van der Waals surface area contributed by atoms with Gasteiger partial charge in [0.2, 0.25) is 0 Å². The molecule has 0 unspecified atom stereocenters. The number of thiophene rings is 1. The Morgan fingerprint density at radius 3 is 2.62 bits per heavy atom. The molecule has 6 rings (SSSR count). The predicted molar refractivity (Wildman–Crippen MR) is 147 cm³/mol. The Morgan fingerprint density at radius 2 is 1.85 bits per heavy atom. The number of fused-ring (bicyclic) bond motifs is 2. The smallest absolute Gasteiger partial charge is 0.368 e. The van der Waals surface area contributed by atoms with Crippen LogP contribution in [0.15, 0.2) is 54.2 Å². The van der Waals surface area contributed by atoms with Crippen LogP contribution < -0.4 is 10.2 Å². The van der Waals surface area contributed by atoms with E-state index in [4.69, 9.17) is 0 Å². The normalized spacial score (nSPS) is 16.3. The molecule has 8 nitrogen and oxygen atoms in total. The van der Waals surface area contributed by atoms with Crippen molar-refractivity contribution in [2.45, 2.75) is 19.1 Å². The van der Waals surface area contributed by atoms with Crippen LogP contribution in [-0.4, -0.2) is 70.8 Å². The molecule has 0 atom stereocenters. The number of carbonyl (C=O) groups excluding carboxylic acids is 2. The molecule has 1 saturated heterocycles. The van der Waals surface area contributed by atoms with Gasteiger partial charge in [0, 0.05) is 54.9 Å². The summed E-state index contributed by atoms with van der Waals surface area (Å²) >= 11 is 1.37. The van der Waals surface area contributed by atoms with E-state index in [9.17, 15) is 22.8 Å². The molecule has 0 aliphatic carbocycles. The zero-order valence-corrected chi connectivity index (χ0v) is 22.6. The van der Waals surface area contributed by atoms with Gasteiger partial charge in [-0.1, -0.05) is 6.07 Å². The summed E-state index contributed by atoms with van der Waals surface area (Å²) in [7, 11) is 2.11. The van der Waals surface area contributed by atoms with Crippen LogP contribution in [0.25, 0.3) is 5.65 Å². The SMILES string of the molecule is CN1CCN(c2ccc3ncc(C(=O)N4CCc5c(C(=O)Nc6cccc(C(F)(F)F)c6)csc5C4)n3c2)CC1. The van der Waals surface area contributed by atoms with Gasteiger partial charge in [0.15, 0.2) is 0 Å². The minimum Gasteiger partial charge on any atom is -0.368 e. The second kappa shape index (κ2) is 10.3. The van der Waals surface area contributed by atoms with E-state index in [-0.39, 0.29) is 11.6 Å². The third-order valence-electron chi connectivity index (χ3n) is 7.50. The maximum absolute atomic E-state index is 13.6. The fourth-order valence-electron chi connectivity index (χ4n) is 5.21. The molecule has 1 N–H and O–H groups in total. The molecule has 1 fully saturated rings. The van der Waals surface area contributed by atoms with Crippen molar-refractivity contribution in [3.05, 3.63) is 81.4 Å². The summed E-state index contributed by atoms with van der Waals surface area (Å²) in [6.45, 7) is 4.54. The first-order valence-corrected chi connectivity index (χ1v) is 13.8. The average molecular weight is 569 g/mol. The summed E-state index contributed by atoms with van der Waals surface area (Å²) in [6, 6.07) is 8.53. The van der Waals surface area contributed by atoms with E-state index >= 15 is 0 Å². The Kier molecular flexibility index (Phi) is 6.75. The van der Waals surface area contributed by atoms with Crippen molar-refractivity contribution < 1.29 is 22.8 Å². The van der Waals surface area contributed by atoms with Crippen molar-refractivity contribution in [3.8, 4) is 0 Å². The molecular formula is C28H27F3N6O2S. The van der Waals surface area contributed by atoms with Crippen LogP contribution in [0.3, 0.4) is 0 Å². The fourth-order valence-corrected chi connectivity index (χ4v) is 6.30. The molecule has 1 aromatic carbocycles. The van der Waals surface area contributed by atoms with Crippen molar-refractivity contribution in [1.29, 1.82) is 0 Å². The number of halogens is 3. The molecule has 2 aliphatic heterocycles. The first-order valence-electron chi connectivity index (χ1n) is 12.9. The molecule has 0 saturated carbocycles. The van der Waals surface area contributed by atoms with E-state index < -0.39 is 17.6 Å². The van der Waals surface area contributed by atoms with Crippen LogP contribution in [-0.2, 0) is 19.1 Å². The lowest BCUT2D eigenvalue weighted by Gasteiger charge is -2.34. The first-order chi connectivity index (χ1) is 19.2. The number of pyridine rings is 1. The number of amides is 2. The van der Waals surface area contributed by atoms with Gasteiger partial charge in [0.25, 0.3) is 11.8 Å². The van der Waals surface area contributed by atoms with Gasteiger partial charge in [-0.2, -0.15) is 13.2 Å². The number of piperazine rings is 1. The first kappa shape index (κ1) is 26.3. The van der Waals surface area contributed by atoms with Crippen molar-refractivity contribution in [2.75, 3.05) is 50.0 Å². The molecular weight excluding hydrogens is 541 g/mol. The zero-order chi connectivity index (χ0) is 28.0. The van der Waals surface area contributed by atoms with Gasteiger partial charge >= 0.3 is 6.18 Å². The largest absolute Gasteiger partial charge is 0.416 e. The average Bonchev–Trinajstić information content (AvgIpc) is 3.56. The number of anilines is 2. The number of imidazole rings is 1. The fraction of sp³-hybridized carbons (Fsp3) is 0.321. The number of likely N-dealkylation sites (N-methyl/N-ethyl adjacent to an activating group) is 1. The summed E-state index contributed by atoms with van der Waals surface area (Å²) in [5, 5.41) is 4.29. The van der Waals surface area contributed by atoms with Crippen LogP contribution in [0, 0.1) is 0 Å². The second-order valence-corrected chi connectivity index (χ2v) is 11.1. The highest BCUT2D eigenvalue weighted by Crippen LogP contribution is 2.33. The van der Waals surface area contributed by atoms with E-state index in [0.29, 0.717) is 36.4 Å². The van der Waals surface area contributed by atoms with Gasteiger partial charge < -0.3 is 20.0 Å². The Hall–Kier alpha value is -3.90. The van der Waals surface area contributed by atoms with Gasteiger partial charge in [-0.3, -0.25) is 14.0 Å². The molecule has 12 heteroatoms. The molecule has 2 aliphatic rings. The third kappa shape index (κ3) is 5.04. The monoisotopic (exact) mass is 568 g/mol. The van der Waals surface area contributed by atoms with Crippen molar-refractivity contribution >= 4 is 40.2 Å². The van der Waals surface area contributed by atoms with Crippen LogP contribution in [0.1, 0.15) is 36.9 Å². The maximum atomic E-state index is 13.6. The van der Waals surface area contributed by atoms with Crippen LogP contribution in [0.2, 0.25) is 0 Å². The Bertz CT molecular complexity index is 1590. The van der Waals surface area contributed by atoms with Gasteiger partial charge in [-0.05, 0) is 49.4 Å². The molecule has 40 heavy (non-hydrogen) atoms. The standard InChI is InChI=1S/C28H27F3N6O2S/c1-34-9-11-35(12-10-34)20-5-6-25-32-14-23(37(25)15-20)27(39)36-8-7-21-22(17-40-24(21)16-36)26(38)33-19-4-2-3-18(13-19)28(29,30)31/h2-6,13-15,17H,7-12,16H2,1H3,(H,33,38). The minimum absolute atomic E-state index is 0.0796. The molecule has 0 spiro atoms. The number of hydrogen-bond donors (Lipinski definition) is 1. The lowest BCUT2D eigenvalue weighted by molar-refractivity contribution is -0.137. The van der Waals surface area contributed by atoms with Crippen molar-refractivity contribution in [3.63, 3.8) is 0 Å². The summed E-state index contributed by atoms with van der Waals surface area (Å²) in [5.41, 5.74) is 2.73. The lowest BCUT2D eigenvalue weighted by Crippen LogP contribution is -2.44. The maximum Gasteiger partial charge on any atom is 0.416 e. The number of carbonyl (C=O) groups is 2. The number of benzene rings is 1. The summed E-state index contributed by atoms with van der Waals surface area (Å²) in [4.78, 5) is 38.2. The van der Waals surface area contributed by atoms with Gasteiger partial charge in [-0.15, -0.1) is 11.3 Å². The highest BCUT2D eigenvalue weighted by molar-refractivity contribution is 7.10. The van der Waals surface area contributed by atoms with Gasteiger partial charge in [0.1, 0.15) is 11.3 Å². The van der Waals surface area contributed by atoms with Gasteiger partial charge in [-0.25, -0.2) is 4.98 Å². The number of nitrogens with zero attached hydrogens (tertiary/aromatic N) is 5. The summed E-state index contributed by atoms with van der Waals surface area (Å²) in [6.07, 6.45) is -0.453. The molecule has 208 valence electrons. The van der Waals surface area contributed by atoms with Crippen LogP contribution in [0.5, 0.6) is 0 Å². The van der Waals surface area contributed by atoms with E-state index in [0.717, 1.165) is 54.4 Å². The van der Waals surface area contributed by atoms with E-state index in [2.05, 4.69) is 27.1 Å². The highest BCUT2D eigenvalue weighted by atomic mass is 32.1. The van der Waals surface area contributed by atoms with Crippen LogP contribution >= 0.6 is 11.3 Å². The van der Waals surface area contributed by atoms with E-state index in [1.807, 2.05) is 22.7 Å². The topological polar surface area (TPSA) is 73.2 Å². The van der Waals surface area contributed by atoms with Crippen LogP contribution in [0.4, 0.5) is 24.5 Å². The van der Waals surface area contributed by atoms with E-state index in [1.54, 1.807) is 16.5 Å². The third-order valence-corrected chi connectivity index (χ3v) is 8.52. The molecule has 2 amide bonds. The highest BCUT2D eigenvalue weighted by Gasteiger charge is 2.31. The number of rotatable bonds is 4. The lowest BCUT2D eigenvalue weighted by atomic mass is 10.0. The number of hydrogen-bond acceptors (Lipinski definition) is 6. The Labute approximate surface area is 232 Å². The molecule has 5 heterocycles. The van der Waals surface area contributed by atoms with Crippen molar-refractivity contribution in [2.24, 2.45) is 0 Å². The number of alkyl halides is 3. The molecule has 4 aromatic rings. The predicted octanol–water partition coefficient (Wildman–Crippen LogP) is 4.62. The van der Waals surface area contributed by atoms with Gasteiger partial charge in [0.05, 0.1) is 29.6 Å². The second-order valence-electron chi connectivity index (χ2n) is 10.1. The Morgan fingerprint density at radius 1 is 1.05 bits per heavy atom. The summed E-state index contributed by atoms with van der Waals surface area (Å²) in [5.74, 6) is -0.605. The molecule has 3 aromatic heterocycles. The number of aromatic nitrogens is 2. The van der Waals surface area contributed by atoms with E-state index in [1.165, 1.54) is 23.5 Å². The summed E-state index contributed by atoms with van der Waals surface area (Å²) < 4.78 is 41.0.